The number of benzene rings is 2. The Bertz CT molecular complexity index is 1160. The standard InChI is InChI=1S/C21H17Cl2FN4O2/c1-10-16(8-25)11(2)28-19(10)21(29)27-9-12-3-4-17(23)20(18(12)24)30-15-6-13(22)5-14(26)7-15/h3-7,28H,9,26H2,1-2H3,(H,27,29). The molecular weight excluding hydrogens is 430 g/mol. The molecule has 9 heteroatoms. The molecule has 4 N–H and O–H groups in total. The molecule has 0 saturated heterocycles. The quantitative estimate of drug-likeness (QED) is 0.465. The zero-order valence-corrected chi connectivity index (χ0v) is 17.6. The van der Waals surface area contributed by atoms with Gasteiger partial charge in [0.15, 0.2) is 11.6 Å². The number of amides is 1. The van der Waals surface area contributed by atoms with E-state index in [0.717, 1.165) is 0 Å². The van der Waals surface area contributed by atoms with Crippen molar-refractivity contribution in [3.63, 3.8) is 0 Å². The van der Waals surface area contributed by atoms with Crippen LogP contribution in [0.2, 0.25) is 10.0 Å². The number of carbonyl (C=O) groups excluding carboxylic acids is 1. The van der Waals surface area contributed by atoms with Crippen LogP contribution in [0.4, 0.5) is 10.1 Å². The van der Waals surface area contributed by atoms with E-state index >= 15 is 0 Å². The van der Waals surface area contributed by atoms with Gasteiger partial charge in [0.2, 0.25) is 0 Å². The number of rotatable bonds is 5. The van der Waals surface area contributed by atoms with E-state index < -0.39 is 11.7 Å². The molecule has 6 nitrogen and oxygen atoms in total. The van der Waals surface area contributed by atoms with Crippen LogP contribution in [0.1, 0.15) is 32.9 Å². The summed E-state index contributed by atoms with van der Waals surface area (Å²) in [5, 5.41) is 12.2. The minimum Gasteiger partial charge on any atom is -0.453 e. The summed E-state index contributed by atoms with van der Waals surface area (Å²) in [6.07, 6.45) is 0. The zero-order valence-electron chi connectivity index (χ0n) is 16.1. The minimum absolute atomic E-state index is 0.0515. The summed E-state index contributed by atoms with van der Waals surface area (Å²) >= 11 is 12.0. The highest BCUT2D eigenvalue weighted by Gasteiger charge is 2.19. The minimum atomic E-state index is -0.724. The van der Waals surface area contributed by atoms with E-state index in [-0.39, 0.29) is 34.3 Å². The number of nitrogen functional groups attached to an aromatic ring is 1. The van der Waals surface area contributed by atoms with E-state index in [4.69, 9.17) is 38.9 Å². The predicted molar refractivity (Wildman–Crippen MR) is 114 cm³/mol. The second kappa shape index (κ2) is 8.66. The number of hydrogen-bond acceptors (Lipinski definition) is 4. The van der Waals surface area contributed by atoms with Gasteiger partial charge in [0.05, 0.1) is 10.6 Å². The average Bonchev–Trinajstić information content (AvgIpc) is 2.97. The normalized spacial score (nSPS) is 10.5. The SMILES string of the molecule is Cc1[nH]c(C(=O)NCc2ccc(Cl)c(Oc3cc(N)cc(Cl)c3)c2F)c(C)c1C#N. The van der Waals surface area contributed by atoms with Crippen LogP contribution in [0.15, 0.2) is 30.3 Å². The number of nitrogens with one attached hydrogen (secondary N) is 2. The fourth-order valence-electron chi connectivity index (χ4n) is 2.97. The van der Waals surface area contributed by atoms with Gasteiger partial charge in [-0.15, -0.1) is 0 Å². The average molecular weight is 447 g/mol. The van der Waals surface area contributed by atoms with E-state index in [1.165, 1.54) is 30.3 Å². The highest BCUT2D eigenvalue weighted by atomic mass is 35.5. The second-order valence-corrected chi connectivity index (χ2v) is 7.44. The molecule has 0 saturated carbocycles. The molecule has 0 atom stereocenters. The molecule has 0 aliphatic rings. The Morgan fingerprint density at radius 1 is 1.30 bits per heavy atom. The van der Waals surface area contributed by atoms with E-state index in [1.54, 1.807) is 13.8 Å². The fourth-order valence-corrected chi connectivity index (χ4v) is 3.39. The summed E-state index contributed by atoms with van der Waals surface area (Å²) in [7, 11) is 0. The number of aromatic amines is 1. The molecule has 0 bridgehead atoms. The first-order valence-corrected chi connectivity index (χ1v) is 9.55. The van der Waals surface area contributed by atoms with Gasteiger partial charge in [-0.25, -0.2) is 4.39 Å². The maximum Gasteiger partial charge on any atom is 0.268 e. The molecule has 0 unspecified atom stereocenters. The summed E-state index contributed by atoms with van der Waals surface area (Å²) in [5.74, 6) is -1.16. The highest BCUT2D eigenvalue weighted by molar-refractivity contribution is 6.32. The van der Waals surface area contributed by atoms with Gasteiger partial charge in [-0.1, -0.05) is 29.3 Å². The number of ether oxygens (including phenoxy) is 1. The Morgan fingerprint density at radius 3 is 2.67 bits per heavy atom. The Balaban J connectivity index is 1.81. The molecule has 1 amide bonds. The Labute approximate surface area is 182 Å². The summed E-state index contributed by atoms with van der Waals surface area (Å²) in [5.41, 5.74) is 8.04. The molecule has 30 heavy (non-hydrogen) atoms. The molecule has 1 heterocycles. The predicted octanol–water partition coefficient (Wildman–Crippen LogP) is 5.25. The highest BCUT2D eigenvalue weighted by Crippen LogP contribution is 2.35. The van der Waals surface area contributed by atoms with Crippen molar-refractivity contribution in [2.24, 2.45) is 0 Å². The lowest BCUT2D eigenvalue weighted by Crippen LogP contribution is -2.24. The Hall–Kier alpha value is -3.21. The molecule has 0 fully saturated rings. The van der Waals surface area contributed by atoms with Gasteiger partial charge in [-0.2, -0.15) is 5.26 Å². The first-order valence-electron chi connectivity index (χ1n) is 8.79. The largest absolute Gasteiger partial charge is 0.453 e. The Kier molecular flexibility index (Phi) is 6.20. The summed E-state index contributed by atoms with van der Waals surface area (Å²) in [4.78, 5) is 15.4. The van der Waals surface area contributed by atoms with Crippen molar-refractivity contribution in [1.82, 2.24) is 10.3 Å². The first kappa shape index (κ1) is 21.5. The lowest BCUT2D eigenvalue weighted by Gasteiger charge is -2.13. The number of anilines is 1. The number of H-pyrrole nitrogens is 1. The van der Waals surface area contributed by atoms with Crippen molar-refractivity contribution < 1.29 is 13.9 Å². The van der Waals surface area contributed by atoms with Crippen LogP contribution < -0.4 is 15.8 Å². The van der Waals surface area contributed by atoms with Crippen LogP contribution in [-0.4, -0.2) is 10.9 Å². The smallest absolute Gasteiger partial charge is 0.268 e. The van der Waals surface area contributed by atoms with Crippen molar-refractivity contribution >= 4 is 34.8 Å². The van der Waals surface area contributed by atoms with E-state index in [9.17, 15) is 9.18 Å². The van der Waals surface area contributed by atoms with Crippen LogP contribution in [0, 0.1) is 31.0 Å². The zero-order chi connectivity index (χ0) is 22.0. The number of aromatic nitrogens is 1. The summed E-state index contributed by atoms with van der Waals surface area (Å²) in [6.45, 7) is 3.26. The molecule has 0 aliphatic heterocycles. The molecule has 0 aliphatic carbocycles. The van der Waals surface area contributed by atoms with E-state index in [0.29, 0.717) is 27.5 Å². The van der Waals surface area contributed by atoms with Gasteiger partial charge in [-0.05, 0) is 37.6 Å². The number of aryl methyl sites for hydroxylation is 1. The van der Waals surface area contributed by atoms with Crippen molar-refractivity contribution in [2.75, 3.05) is 5.73 Å². The maximum atomic E-state index is 15.0. The van der Waals surface area contributed by atoms with Crippen molar-refractivity contribution in [3.8, 4) is 17.6 Å². The van der Waals surface area contributed by atoms with Gasteiger partial charge >= 0.3 is 0 Å². The number of nitriles is 1. The van der Waals surface area contributed by atoms with Crippen molar-refractivity contribution in [3.05, 3.63) is 74.3 Å². The molecule has 1 aromatic heterocycles. The Morgan fingerprint density at radius 2 is 2.03 bits per heavy atom. The van der Waals surface area contributed by atoms with Gasteiger partial charge in [0.25, 0.3) is 5.91 Å². The maximum absolute atomic E-state index is 15.0. The third-order valence-electron chi connectivity index (χ3n) is 4.46. The second-order valence-electron chi connectivity index (χ2n) is 6.59. The van der Waals surface area contributed by atoms with E-state index in [1.807, 2.05) is 6.07 Å². The number of halogens is 3. The molecule has 154 valence electrons. The number of nitrogens with two attached hydrogens (primary N) is 1. The third kappa shape index (κ3) is 4.35. The monoisotopic (exact) mass is 446 g/mol. The van der Waals surface area contributed by atoms with Crippen LogP contribution in [-0.2, 0) is 6.54 Å². The van der Waals surface area contributed by atoms with Gasteiger partial charge < -0.3 is 20.8 Å². The lowest BCUT2D eigenvalue weighted by atomic mass is 10.1. The topological polar surface area (TPSA) is 104 Å². The summed E-state index contributed by atoms with van der Waals surface area (Å²) in [6, 6.07) is 9.45. The number of hydrogen-bond donors (Lipinski definition) is 3. The molecule has 2 aromatic carbocycles. The van der Waals surface area contributed by atoms with Crippen molar-refractivity contribution in [1.29, 1.82) is 5.26 Å². The molecular formula is C21H17Cl2FN4O2. The molecule has 3 aromatic rings. The van der Waals surface area contributed by atoms with Crippen LogP contribution in [0.25, 0.3) is 0 Å². The fraction of sp³-hybridized carbons (Fsp3) is 0.143. The lowest BCUT2D eigenvalue weighted by molar-refractivity contribution is 0.0945. The summed E-state index contributed by atoms with van der Waals surface area (Å²) < 4.78 is 20.6. The van der Waals surface area contributed by atoms with Gasteiger partial charge in [-0.3, -0.25) is 4.79 Å². The first-order chi connectivity index (χ1) is 14.2. The van der Waals surface area contributed by atoms with E-state index in [2.05, 4.69) is 10.3 Å². The van der Waals surface area contributed by atoms with Gasteiger partial charge in [0, 0.05) is 34.6 Å². The van der Waals surface area contributed by atoms with Crippen molar-refractivity contribution in [2.45, 2.75) is 20.4 Å². The van der Waals surface area contributed by atoms with Gasteiger partial charge in [0.1, 0.15) is 17.5 Å². The molecule has 3 rings (SSSR count). The van der Waals surface area contributed by atoms with Crippen LogP contribution in [0.5, 0.6) is 11.5 Å². The van der Waals surface area contributed by atoms with Crippen LogP contribution >= 0.6 is 23.2 Å². The molecule has 0 spiro atoms. The number of carbonyl (C=O) groups is 1. The molecule has 0 radical (unpaired) electrons. The third-order valence-corrected chi connectivity index (χ3v) is 4.97. The number of nitrogens with zero attached hydrogens (tertiary/aromatic N) is 1. The van der Waals surface area contributed by atoms with Crippen LogP contribution in [0.3, 0.4) is 0 Å².